The van der Waals surface area contributed by atoms with Gasteiger partial charge in [0.2, 0.25) is 0 Å². The van der Waals surface area contributed by atoms with Gasteiger partial charge in [0, 0.05) is 26.6 Å². The lowest BCUT2D eigenvalue weighted by molar-refractivity contribution is 0.0992. The standard InChI is InChI=1S/C15H19BrO2S/c1-11(19(18)10-12-4-2-3-5-12)15(17)13-6-8-14(16)9-7-13/h6-9,11-12H,2-5,10H2,1H3. The molecule has 0 heterocycles. The van der Waals surface area contributed by atoms with Crippen LogP contribution in [0.15, 0.2) is 28.7 Å². The van der Waals surface area contributed by atoms with E-state index in [1.54, 1.807) is 19.1 Å². The molecular weight excluding hydrogens is 324 g/mol. The van der Waals surface area contributed by atoms with Gasteiger partial charge in [-0.05, 0) is 37.8 Å². The molecule has 0 N–H and O–H groups in total. The molecule has 4 heteroatoms. The number of carbonyl (C=O) groups is 1. The predicted octanol–water partition coefficient (Wildman–Crippen LogP) is 3.96. The molecule has 0 aliphatic heterocycles. The quantitative estimate of drug-likeness (QED) is 0.759. The molecule has 0 saturated heterocycles. The van der Waals surface area contributed by atoms with Crippen molar-refractivity contribution in [3.63, 3.8) is 0 Å². The summed E-state index contributed by atoms with van der Waals surface area (Å²) in [5, 5.41) is -0.401. The lowest BCUT2D eigenvalue weighted by Gasteiger charge is -2.14. The fourth-order valence-corrected chi connectivity index (χ4v) is 4.25. The summed E-state index contributed by atoms with van der Waals surface area (Å²) in [6.45, 7) is 1.79. The topological polar surface area (TPSA) is 34.1 Å². The van der Waals surface area contributed by atoms with Crippen molar-refractivity contribution in [2.24, 2.45) is 5.92 Å². The van der Waals surface area contributed by atoms with Crippen molar-refractivity contribution in [3.8, 4) is 0 Å². The van der Waals surface area contributed by atoms with Crippen LogP contribution in [0, 0.1) is 5.92 Å². The highest BCUT2D eigenvalue weighted by Crippen LogP contribution is 2.26. The zero-order valence-electron chi connectivity index (χ0n) is 11.1. The molecule has 1 aromatic carbocycles. The number of ketones is 1. The van der Waals surface area contributed by atoms with Crippen LogP contribution in [-0.2, 0) is 10.8 Å². The van der Waals surface area contributed by atoms with E-state index in [1.807, 2.05) is 12.1 Å². The van der Waals surface area contributed by atoms with Crippen molar-refractivity contribution in [1.82, 2.24) is 0 Å². The molecule has 0 bridgehead atoms. The number of rotatable bonds is 5. The van der Waals surface area contributed by atoms with Gasteiger partial charge in [-0.3, -0.25) is 9.00 Å². The molecule has 2 atom stereocenters. The van der Waals surface area contributed by atoms with Crippen molar-refractivity contribution < 1.29 is 9.00 Å². The Bertz CT molecular complexity index is 464. The summed E-state index contributed by atoms with van der Waals surface area (Å²) in [4.78, 5) is 12.3. The smallest absolute Gasteiger partial charge is 0.178 e. The fraction of sp³-hybridized carbons (Fsp3) is 0.533. The van der Waals surface area contributed by atoms with Gasteiger partial charge in [-0.2, -0.15) is 0 Å². The molecule has 104 valence electrons. The van der Waals surface area contributed by atoms with Crippen LogP contribution in [0.2, 0.25) is 0 Å². The predicted molar refractivity (Wildman–Crippen MR) is 82.9 cm³/mol. The Kier molecular flexibility index (Phi) is 5.34. The molecule has 1 fully saturated rings. The third kappa shape index (κ3) is 3.99. The third-order valence-electron chi connectivity index (χ3n) is 3.77. The Balaban J connectivity index is 1.97. The summed E-state index contributed by atoms with van der Waals surface area (Å²) in [5.41, 5.74) is 0.649. The molecular formula is C15H19BrO2S. The highest BCUT2D eigenvalue weighted by molar-refractivity contribution is 9.10. The maximum atomic E-state index is 12.3. The van der Waals surface area contributed by atoms with Crippen LogP contribution in [0.5, 0.6) is 0 Å². The van der Waals surface area contributed by atoms with E-state index in [9.17, 15) is 9.00 Å². The largest absolute Gasteiger partial charge is 0.293 e. The van der Waals surface area contributed by atoms with Gasteiger partial charge in [-0.25, -0.2) is 0 Å². The first kappa shape index (κ1) is 14.9. The van der Waals surface area contributed by atoms with Crippen molar-refractivity contribution in [2.45, 2.75) is 37.9 Å². The number of halogens is 1. The van der Waals surface area contributed by atoms with Gasteiger partial charge in [-0.15, -0.1) is 0 Å². The lowest BCUT2D eigenvalue weighted by Crippen LogP contribution is -2.26. The van der Waals surface area contributed by atoms with Gasteiger partial charge in [0.15, 0.2) is 5.78 Å². The van der Waals surface area contributed by atoms with E-state index in [0.29, 0.717) is 17.2 Å². The second-order valence-corrected chi connectivity index (χ2v) is 7.93. The van der Waals surface area contributed by atoms with Gasteiger partial charge in [0.1, 0.15) is 0 Å². The first-order valence-corrected chi connectivity index (χ1v) is 8.92. The molecule has 1 aliphatic rings. The van der Waals surface area contributed by atoms with E-state index in [0.717, 1.165) is 4.47 Å². The summed E-state index contributed by atoms with van der Waals surface area (Å²) >= 11 is 3.35. The minimum absolute atomic E-state index is 0.0103. The number of hydrogen-bond donors (Lipinski definition) is 0. The highest BCUT2D eigenvalue weighted by Gasteiger charge is 2.25. The van der Waals surface area contributed by atoms with E-state index in [-0.39, 0.29) is 5.78 Å². The maximum absolute atomic E-state index is 12.3. The van der Waals surface area contributed by atoms with E-state index in [2.05, 4.69) is 15.9 Å². The van der Waals surface area contributed by atoms with Crippen molar-refractivity contribution in [1.29, 1.82) is 0 Å². The molecule has 0 radical (unpaired) electrons. The van der Waals surface area contributed by atoms with Crippen molar-refractivity contribution in [3.05, 3.63) is 34.3 Å². The highest BCUT2D eigenvalue weighted by atomic mass is 79.9. The molecule has 1 saturated carbocycles. The summed E-state index contributed by atoms with van der Waals surface area (Å²) in [7, 11) is -1.05. The van der Waals surface area contributed by atoms with Crippen LogP contribution in [-0.4, -0.2) is 21.0 Å². The van der Waals surface area contributed by atoms with Crippen LogP contribution in [0.4, 0.5) is 0 Å². The number of Topliss-reactive ketones (excluding diaryl/α,β-unsaturated/α-hetero) is 1. The zero-order valence-corrected chi connectivity index (χ0v) is 13.5. The zero-order chi connectivity index (χ0) is 13.8. The van der Waals surface area contributed by atoms with Crippen LogP contribution in [0.25, 0.3) is 0 Å². The van der Waals surface area contributed by atoms with Crippen LogP contribution in [0.1, 0.15) is 43.0 Å². The van der Waals surface area contributed by atoms with Crippen molar-refractivity contribution >= 4 is 32.5 Å². The average molecular weight is 343 g/mol. The summed E-state index contributed by atoms with van der Waals surface area (Å²) in [6, 6.07) is 7.27. The average Bonchev–Trinajstić information content (AvgIpc) is 2.90. The molecule has 2 unspecified atom stereocenters. The maximum Gasteiger partial charge on any atom is 0.178 e. The second kappa shape index (κ2) is 6.80. The number of benzene rings is 1. The Labute approximate surface area is 125 Å². The van der Waals surface area contributed by atoms with Crippen LogP contribution < -0.4 is 0 Å². The Morgan fingerprint density at radius 1 is 1.32 bits per heavy atom. The van der Waals surface area contributed by atoms with Gasteiger partial charge in [0.05, 0.1) is 5.25 Å². The minimum Gasteiger partial charge on any atom is -0.293 e. The normalized spacial score (nSPS) is 19.3. The van der Waals surface area contributed by atoms with Gasteiger partial charge < -0.3 is 0 Å². The minimum atomic E-state index is -1.05. The fourth-order valence-electron chi connectivity index (χ4n) is 2.52. The van der Waals surface area contributed by atoms with Crippen molar-refractivity contribution in [2.75, 3.05) is 5.75 Å². The van der Waals surface area contributed by atoms with Gasteiger partial charge >= 0.3 is 0 Å². The monoisotopic (exact) mass is 342 g/mol. The van der Waals surface area contributed by atoms with E-state index < -0.39 is 16.0 Å². The summed E-state index contributed by atoms with van der Waals surface area (Å²) in [6.07, 6.45) is 4.84. The van der Waals surface area contributed by atoms with Crippen LogP contribution in [0.3, 0.4) is 0 Å². The molecule has 2 nitrogen and oxygen atoms in total. The molecule has 1 aliphatic carbocycles. The summed E-state index contributed by atoms with van der Waals surface area (Å²) < 4.78 is 13.2. The molecule has 0 spiro atoms. The van der Waals surface area contributed by atoms with Crippen LogP contribution >= 0.6 is 15.9 Å². The van der Waals surface area contributed by atoms with E-state index in [1.165, 1.54) is 25.7 Å². The first-order valence-electron chi connectivity index (χ1n) is 6.75. The second-order valence-electron chi connectivity index (χ2n) is 5.21. The Morgan fingerprint density at radius 2 is 1.89 bits per heavy atom. The van der Waals surface area contributed by atoms with Gasteiger partial charge in [-0.1, -0.05) is 40.9 Å². The van der Waals surface area contributed by atoms with E-state index >= 15 is 0 Å². The molecule has 2 rings (SSSR count). The Morgan fingerprint density at radius 3 is 2.47 bits per heavy atom. The molecule has 0 amide bonds. The summed E-state index contributed by atoms with van der Waals surface area (Å²) in [5.74, 6) is 1.23. The number of hydrogen-bond acceptors (Lipinski definition) is 2. The first-order chi connectivity index (χ1) is 9.08. The SMILES string of the molecule is CC(C(=O)c1ccc(Br)cc1)S(=O)CC1CCCC1. The number of carbonyl (C=O) groups excluding carboxylic acids is 1. The molecule has 19 heavy (non-hydrogen) atoms. The third-order valence-corrected chi connectivity index (χ3v) is 6.10. The molecule has 1 aromatic rings. The molecule has 0 aromatic heterocycles. The van der Waals surface area contributed by atoms with E-state index in [4.69, 9.17) is 0 Å². The van der Waals surface area contributed by atoms with Gasteiger partial charge in [0.25, 0.3) is 0 Å². The Hall–Kier alpha value is -0.480. The lowest BCUT2D eigenvalue weighted by atomic mass is 10.1.